The van der Waals surface area contributed by atoms with Crippen LogP contribution in [0.5, 0.6) is 5.75 Å². The Balaban J connectivity index is 2.17. The Morgan fingerprint density at radius 1 is 1.11 bits per heavy atom. The Bertz CT molecular complexity index is 482. The van der Waals surface area contributed by atoms with Gasteiger partial charge in [-0.15, -0.1) is 0 Å². The Kier molecular flexibility index (Phi) is 3.95. The van der Waals surface area contributed by atoms with E-state index in [-0.39, 0.29) is 12.0 Å². The van der Waals surface area contributed by atoms with E-state index in [1.165, 1.54) is 5.56 Å². The van der Waals surface area contributed by atoms with Gasteiger partial charge in [-0.25, -0.2) is 0 Å². The smallest absolute Gasteiger partial charge is 0.118 e. The summed E-state index contributed by atoms with van der Waals surface area (Å²) in [7, 11) is 1.66. The van der Waals surface area contributed by atoms with Crippen LogP contribution in [0.4, 0.5) is 0 Å². The van der Waals surface area contributed by atoms with Crippen LogP contribution in [0.15, 0.2) is 48.7 Å². The van der Waals surface area contributed by atoms with Gasteiger partial charge in [-0.1, -0.05) is 25.1 Å². The summed E-state index contributed by atoms with van der Waals surface area (Å²) in [6, 6.07) is 13.7. The fraction of sp³-hybridized carbons (Fsp3) is 0.267. The predicted octanol–water partition coefficient (Wildman–Crippen LogP) is 2.89. The molecule has 94 valence electrons. The number of ether oxygens (including phenoxy) is 1. The second kappa shape index (κ2) is 5.65. The van der Waals surface area contributed by atoms with Crippen LogP contribution >= 0.6 is 0 Å². The molecule has 0 saturated carbocycles. The molecule has 3 nitrogen and oxygen atoms in total. The quantitative estimate of drug-likeness (QED) is 0.896. The SMILES string of the molecule is COc1ccc(C(C)C(N)c2ccccn2)cc1. The molecule has 0 aliphatic rings. The van der Waals surface area contributed by atoms with Crippen LogP contribution in [0.25, 0.3) is 0 Å². The van der Waals surface area contributed by atoms with Crippen molar-refractivity contribution in [1.82, 2.24) is 4.98 Å². The highest BCUT2D eigenvalue weighted by Crippen LogP contribution is 2.28. The highest BCUT2D eigenvalue weighted by Gasteiger charge is 2.17. The molecule has 0 bridgehead atoms. The Hall–Kier alpha value is -1.87. The molecule has 0 aliphatic carbocycles. The minimum Gasteiger partial charge on any atom is -0.497 e. The van der Waals surface area contributed by atoms with E-state index in [2.05, 4.69) is 11.9 Å². The van der Waals surface area contributed by atoms with Gasteiger partial charge >= 0.3 is 0 Å². The van der Waals surface area contributed by atoms with Crippen molar-refractivity contribution < 1.29 is 4.74 Å². The molecule has 0 amide bonds. The van der Waals surface area contributed by atoms with Crippen molar-refractivity contribution in [1.29, 1.82) is 0 Å². The first-order chi connectivity index (χ1) is 8.72. The van der Waals surface area contributed by atoms with E-state index < -0.39 is 0 Å². The number of aromatic nitrogens is 1. The number of hydrogen-bond donors (Lipinski definition) is 1. The van der Waals surface area contributed by atoms with Crippen molar-refractivity contribution in [3.05, 3.63) is 59.9 Å². The molecule has 0 radical (unpaired) electrons. The molecule has 18 heavy (non-hydrogen) atoms. The predicted molar refractivity (Wildman–Crippen MR) is 72.6 cm³/mol. The number of hydrogen-bond acceptors (Lipinski definition) is 3. The Labute approximate surface area is 108 Å². The molecule has 0 spiro atoms. The summed E-state index contributed by atoms with van der Waals surface area (Å²) in [5, 5.41) is 0. The lowest BCUT2D eigenvalue weighted by molar-refractivity contribution is 0.414. The van der Waals surface area contributed by atoms with Gasteiger partial charge < -0.3 is 10.5 Å². The third-order valence-corrected chi connectivity index (χ3v) is 3.21. The summed E-state index contributed by atoms with van der Waals surface area (Å²) in [6.45, 7) is 2.11. The van der Waals surface area contributed by atoms with Gasteiger partial charge in [0.1, 0.15) is 5.75 Å². The van der Waals surface area contributed by atoms with Crippen LogP contribution in [-0.4, -0.2) is 12.1 Å². The van der Waals surface area contributed by atoms with Gasteiger partial charge in [-0.3, -0.25) is 4.98 Å². The minimum atomic E-state index is -0.0976. The lowest BCUT2D eigenvalue weighted by Gasteiger charge is -2.20. The van der Waals surface area contributed by atoms with Gasteiger partial charge in [0.05, 0.1) is 18.8 Å². The number of rotatable bonds is 4. The zero-order chi connectivity index (χ0) is 13.0. The van der Waals surface area contributed by atoms with Gasteiger partial charge in [0.2, 0.25) is 0 Å². The van der Waals surface area contributed by atoms with Crippen LogP contribution in [-0.2, 0) is 0 Å². The van der Waals surface area contributed by atoms with Crippen LogP contribution < -0.4 is 10.5 Å². The third-order valence-electron chi connectivity index (χ3n) is 3.21. The molecular weight excluding hydrogens is 224 g/mol. The molecule has 0 fully saturated rings. The van der Waals surface area contributed by atoms with Crippen molar-refractivity contribution in [2.75, 3.05) is 7.11 Å². The first kappa shape index (κ1) is 12.6. The number of nitrogens with two attached hydrogens (primary N) is 1. The lowest BCUT2D eigenvalue weighted by atomic mass is 9.91. The molecule has 2 aromatic rings. The minimum absolute atomic E-state index is 0.0976. The summed E-state index contributed by atoms with van der Waals surface area (Å²) >= 11 is 0. The number of methoxy groups -OCH3 is 1. The fourth-order valence-corrected chi connectivity index (χ4v) is 1.94. The van der Waals surface area contributed by atoms with Crippen LogP contribution in [0.3, 0.4) is 0 Å². The maximum Gasteiger partial charge on any atom is 0.118 e. The second-order valence-electron chi connectivity index (χ2n) is 4.34. The monoisotopic (exact) mass is 242 g/mol. The summed E-state index contributed by atoms with van der Waals surface area (Å²) < 4.78 is 5.15. The van der Waals surface area contributed by atoms with Gasteiger partial charge in [0.25, 0.3) is 0 Å². The van der Waals surface area contributed by atoms with E-state index >= 15 is 0 Å². The van der Waals surface area contributed by atoms with Gasteiger partial charge in [0, 0.05) is 12.1 Å². The molecule has 1 heterocycles. The van der Waals surface area contributed by atoms with E-state index in [9.17, 15) is 0 Å². The van der Waals surface area contributed by atoms with E-state index in [1.54, 1.807) is 13.3 Å². The Morgan fingerprint density at radius 2 is 1.83 bits per heavy atom. The van der Waals surface area contributed by atoms with Crippen LogP contribution in [0.2, 0.25) is 0 Å². The number of benzene rings is 1. The van der Waals surface area contributed by atoms with Crippen molar-refractivity contribution in [3.63, 3.8) is 0 Å². The summed E-state index contributed by atoms with van der Waals surface area (Å²) in [5.41, 5.74) is 8.35. The molecule has 3 heteroatoms. The highest BCUT2D eigenvalue weighted by atomic mass is 16.5. The van der Waals surface area contributed by atoms with Gasteiger partial charge in [-0.05, 0) is 29.8 Å². The average Bonchev–Trinajstić information content (AvgIpc) is 2.47. The fourth-order valence-electron chi connectivity index (χ4n) is 1.94. The third kappa shape index (κ3) is 2.68. The average molecular weight is 242 g/mol. The van der Waals surface area contributed by atoms with E-state index in [0.29, 0.717) is 0 Å². The standard InChI is InChI=1S/C15H18N2O/c1-11(12-6-8-13(18-2)9-7-12)15(16)14-5-3-4-10-17-14/h3-11,15H,16H2,1-2H3. The first-order valence-electron chi connectivity index (χ1n) is 6.03. The van der Waals surface area contributed by atoms with Crippen molar-refractivity contribution in [3.8, 4) is 5.75 Å². The highest BCUT2D eigenvalue weighted by molar-refractivity contribution is 5.30. The van der Waals surface area contributed by atoms with E-state index in [4.69, 9.17) is 10.5 Å². The molecule has 2 atom stereocenters. The van der Waals surface area contributed by atoms with Crippen LogP contribution in [0.1, 0.15) is 30.1 Å². The largest absolute Gasteiger partial charge is 0.497 e. The molecule has 0 saturated heterocycles. The molecule has 1 aromatic heterocycles. The Morgan fingerprint density at radius 3 is 2.39 bits per heavy atom. The summed E-state index contributed by atoms with van der Waals surface area (Å²) in [6.07, 6.45) is 1.77. The zero-order valence-corrected chi connectivity index (χ0v) is 10.7. The summed E-state index contributed by atoms with van der Waals surface area (Å²) in [5.74, 6) is 1.07. The second-order valence-corrected chi connectivity index (χ2v) is 4.34. The molecule has 2 rings (SSSR count). The van der Waals surface area contributed by atoms with Crippen molar-refractivity contribution >= 4 is 0 Å². The maximum absolute atomic E-state index is 6.25. The number of nitrogens with zero attached hydrogens (tertiary/aromatic N) is 1. The summed E-state index contributed by atoms with van der Waals surface area (Å²) in [4.78, 5) is 4.31. The van der Waals surface area contributed by atoms with E-state index in [0.717, 1.165) is 11.4 Å². The number of pyridine rings is 1. The van der Waals surface area contributed by atoms with Crippen LogP contribution in [0, 0.1) is 0 Å². The van der Waals surface area contributed by atoms with Crippen molar-refractivity contribution in [2.45, 2.75) is 18.9 Å². The van der Waals surface area contributed by atoms with Gasteiger partial charge in [-0.2, -0.15) is 0 Å². The zero-order valence-electron chi connectivity index (χ0n) is 10.7. The normalized spacial score (nSPS) is 13.9. The molecule has 0 aliphatic heterocycles. The molecule has 2 unspecified atom stereocenters. The van der Waals surface area contributed by atoms with E-state index in [1.807, 2.05) is 42.5 Å². The molecule has 1 aromatic carbocycles. The molecule has 2 N–H and O–H groups in total. The topological polar surface area (TPSA) is 48.1 Å². The van der Waals surface area contributed by atoms with Crippen molar-refractivity contribution in [2.24, 2.45) is 5.73 Å². The molecular formula is C15H18N2O. The van der Waals surface area contributed by atoms with Gasteiger partial charge in [0.15, 0.2) is 0 Å². The lowest BCUT2D eigenvalue weighted by Crippen LogP contribution is -2.18. The first-order valence-corrected chi connectivity index (χ1v) is 6.03. The maximum atomic E-state index is 6.25.